The van der Waals surface area contributed by atoms with Crippen molar-refractivity contribution in [2.24, 2.45) is 10.9 Å². The summed E-state index contributed by atoms with van der Waals surface area (Å²) in [5.41, 5.74) is 2.51. The Morgan fingerprint density at radius 1 is 1.19 bits per heavy atom. The number of halogens is 2. The SMILES string of the molecule is C#C.C/C(=C(Cl)\C=N/CNCC1CCCCC1)c1cccc(NCc2cccc(F)c2)n1. The summed E-state index contributed by atoms with van der Waals surface area (Å²) in [6.07, 6.45) is 16.4. The number of aliphatic imine (C=N–C) groups is 1. The van der Waals surface area contributed by atoms with Crippen molar-refractivity contribution in [3.8, 4) is 12.8 Å². The van der Waals surface area contributed by atoms with Crippen molar-refractivity contribution in [1.29, 1.82) is 0 Å². The molecule has 1 aromatic carbocycles. The van der Waals surface area contributed by atoms with Crippen molar-refractivity contribution < 1.29 is 4.39 Å². The number of benzene rings is 1. The number of hydrogen-bond acceptors (Lipinski definition) is 4. The molecule has 6 heteroatoms. The third-order valence-corrected chi connectivity index (χ3v) is 5.80. The minimum absolute atomic E-state index is 0.242. The van der Waals surface area contributed by atoms with Crippen molar-refractivity contribution >= 4 is 29.2 Å². The summed E-state index contributed by atoms with van der Waals surface area (Å²) in [5, 5.41) is 7.20. The highest BCUT2D eigenvalue weighted by Gasteiger charge is 2.12. The molecule has 1 aliphatic rings. The van der Waals surface area contributed by atoms with Crippen LogP contribution in [0.2, 0.25) is 0 Å². The topological polar surface area (TPSA) is 49.3 Å². The van der Waals surface area contributed by atoms with E-state index in [1.54, 1.807) is 12.3 Å². The van der Waals surface area contributed by atoms with E-state index in [0.717, 1.165) is 29.3 Å². The van der Waals surface area contributed by atoms with Crippen molar-refractivity contribution in [3.63, 3.8) is 0 Å². The number of aromatic nitrogens is 1. The van der Waals surface area contributed by atoms with E-state index in [9.17, 15) is 4.39 Å². The molecule has 32 heavy (non-hydrogen) atoms. The van der Waals surface area contributed by atoms with Crippen LogP contribution in [0.5, 0.6) is 0 Å². The van der Waals surface area contributed by atoms with Crippen molar-refractivity contribution in [2.45, 2.75) is 45.6 Å². The van der Waals surface area contributed by atoms with Crippen LogP contribution in [0.15, 0.2) is 52.5 Å². The van der Waals surface area contributed by atoms with E-state index in [1.807, 2.05) is 31.2 Å². The third-order valence-electron chi connectivity index (χ3n) is 5.42. The summed E-state index contributed by atoms with van der Waals surface area (Å²) in [4.78, 5) is 9.02. The van der Waals surface area contributed by atoms with Crippen LogP contribution in [0.1, 0.15) is 50.3 Å². The monoisotopic (exact) mass is 454 g/mol. The Kier molecular flexibility index (Phi) is 11.5. The molecule has 2 aromatic rings. The van der Waals surface area contributed by atoms with Crippen LogP contribution in [0.25, 0.3) is 5.57 Å². The van der Waals surface area contributed by atoms with Gasteiger partial charge in [0.25, 0.3) is 0 Å². The molecule has 0 spiro atoms. The number of rotatable bonds is 9. The van der Waals surface area contributed by atoms with Gasteiger partial charge in [-0.25, -0.2) is 9.37 Å². The molecule has 3 rings (SSSR count). The number of hydrogen-bond donors (Lipinski definition) is 2. The number of anilines is 1. The number of nitrogens with zero attached hydrogens (tertiary/aromatic N) is 2. The smallest absolute Gasteiger partial charge is 0.126 e. The normalized spacial score (nSPS) is 15.0. The third kappa shape index (κ3) is 8.82. The highest BCUT2D eigenvalue weighted by molar-refractivity contribution is 6.42. The first-order chi connectivity index (χ1) is 15.6. The van der Waals surface area contributed by atoms with Crippen molar-refractivity contribution in [3.05, 3.63) is 64.6 Å². The largest absolute Gasteiger partial charge is 0.366 e. The molecule has 0 saturated heterocycles. The molecular weight excluding hydrogens is 423 g/mol. The van der Waals surface area contributed by atoms with Gasteiger partial charge in [0.1, 0.15) is 11.6 Å². The average molecular weight is 455 g/mol. The minimum Gasteiger partial charge on any atom is -0.366 e. The van der Waals surface area contributed by atoms with Crippen LogP contribution in [0.3, 0.4) is 0 Å². The molecule has 4 nitrogen and oxygen atoms in total. The Hall–Kier alpha value is -2.68. The van der Waals surface area contributed by atoms with Gasteiger partial charge >= 0.3 is 0 Å². The molecule has 170 valence electrons. The maximum absolute atomic E-state index is 13.3. The lowest BCUT2D eigenvalue weighted by molar-refractivity contribution is 0.344. The highest BCUT2D eigenvalue weighted by Crippen LogP contribution is 2.23. The second kappa shape index (κ2) is 14.4. The fraction of sp³-hybridized carbons (Fsp3) is 0.385. The van der Waals surface area contributed by atoms with Gasteiger partial charge in [-0.2, -0.15) is 0 Å². The van der Waals surface area contributed by atoms with E-state index >= 15 is 0 Å². The molecule has 0 unspecified atom stereocenters. The van der Waals surface area contributed by atoms with Crippen LogP contribution in [-0.4, -0.2) is 24.4 Å². The first-order valence-electron chi connectivity index (χ1n) is 11.0. The van der Waals surface area contributed by atoms with Gasteiger partial charge in [0.15, 0.2) is 0 Å². The fourth-order valence-electron chi connectivity index (χ4n) is 3.65. The molecule has 2 N–H and O–H groups in total. The summed E-state index contributed by atoms with van der Waals surface area (Å²) < 4.78 is 13.3. The van der Waals surface area contributed by atoms with Crippen LogP contribution >= 0.6 is 11.6 Å². The molecule has 1 aromatic heterocycles. The Morgan fingerprint density at radius 2 is 1.94 bits per heavy atom. The first kappa shape index (κ1) is 25.6. The molecule has 0 atom stereocenters. The molecule has 1 fully saturated rings. The number of allylic oxidation sites excluding steroid dienone is 2. The van der Waals surface area contributed by atoms with Crippen LogP contribution in [0.4, 0.5) is 10.2 Å². The molecule has 1 aliphatic carbocycles. The van der Waals surface area contributed by atoms with E-state index in [0.29, 0.717) is 24.1 Å². The summed E-state index contributed by atoms with van der Waals surface area (Å²) in [5.74, 6) is 1.26. The standard InChI is InChI=1S/C24H30ClFN4.C2H2/c1-18(22(25)16-28-17-27-14-19-7-3-2-4-8-19)23-11-6-12-24(30-23)29-15-20-9-5-10-21(26)13-20;1-2/h5-6,9-13,16,19,27H,2-4,7-8,14-15,17H2,1H3,(H,29,30);1-2H/b22-18-,28-16-;. The summed E-state index contributed by atoms with van der Waals surface area (Å²) in [6.45, 7) is 4.03. The summed E-state index contributed by atoms with van der Waals surface area (Å²) >= 11 is 6.44. The van der Waals surface area contributed by atoms with E-state index in [2.05, 4.69) is 33.5 Å². The molecular formula is C26H32ClFN4. The quantitative estimate of drug-likeness (QED) is 0.267. The summed E-state index contributed by atoms with van der Waals surface area (Å²) in [7, 11) is 0. The van der Waals surface area contributed by atoms with E-state index < -0.39 is 0 Å². The van der Waals surface area contributed by atoms with Crippen LogP contribution in [-0.2, 0) is 6.54 Å². The van der Waals surface area contributed by atoms with Gasteiger partial charge in [-0.1, -0.05) is 49.1 Å². The summed E-state index contributed by atoms with van der Waals surface area (Å²) in [6, 6.07) is 12.2. The maximum atomic E-state index is 13.3. The Bertz CT molecular complexity index is 917. The molecule has 0 aliphatic heterocycles. The minimum atomic E-state index is -0.242. The van der Waals surface area contributed by atoms with Crippen molar-refractivity contribution in [2.75, 3.05) is 18.5 Å². The lowest BCUT2D eigenvalue weighted by Crippen LogP contribution is -2.24. The Balaban J connectivity index is 0.00000176. The van der Waals surface area contributed by atoms with Gasteiger partial charge in [0.05, 0.1) is 17.4 Å². The molecule has 1 saturated carbocycles. The van der Waals surface area contributed by atoms with Crippen molar-refractivity contribution in [1.82, 2.24) is 10.3 Å². The number of terminal acetylenes is 1. The molecule has 0 radical (unpaired) electrons. The van der Waals surface area contributed by atoms with E-state index in [-0.39, 0.29) is 5.82 Å². The fourth-order valence-corrected chi connectivity index (χ4v) is 3.82. The second-order valence-corrected chi connectivity index (χ2v) is 8.20. The van der Waals surface area contributed by atoms with Gasteiger partial charge in [-0.15, -0.1) is 12.8 Å². The molecule has 1 heterocycles. The predicted octanol–water partition coefficient (Wildman–Crippen LogP) is 6.25. The average Bonchev–Trinajstić information content (AvgIpc) is 2.84. The van der Waals surface area contributed by atoms with E-state index in [1.165, 1.54) is 44.2 Å². The van der Waals surface area contributed by atoms with E-state index in [4.69, 9.17) is 11.6 Å². The Labute approximate surface area is 196 Å². The lowest BCUT2D eigenvalue weighted by Gasteiger charge is -2.21. The zero-order valence-corrected chi connectivity index (χ0v) is 19.4. The van der Waals surface area contributed by atoms with Gasteiger partial charge in [0.2, 0.25) is 0 Å². The first-order valence-corrected chi connectivity index (χ1v) is 11.4. The molecule has 0 bridgehead atoms. The second-order valence-electron chi connectivity index (χ2n) is 7.79. The van der Waals surface area contributed by atoms with Gasteiger partial charge in [-0.05, 0) is 67.6 Å². The zero-order chi connectivity index (χ0) is 23.2. The van der Waals surface area contributed by atoms with Gasteiger partial charge < -0.3 is 5.32 Å². The lowest BCUT2D eigenvalue weighted by atomic mass is 9.89. The predicted molar refractivity (Wildman–Crippen MR) is 134 cm³/mol. The number of nitrogens with one attached hydrogen (secondary N) is 2. The van der Waals surface area contributed by atoms with Crippen LogP contribution < -0.4 is 10.6 Å². The highest BCUT2D eigenvalue weighted by atomic mass is 35.5. The van der Waals surface area contributed by atoms with Gasteiger partial charge in [-0.3, -0.25) is 10.3 Å². The van der Waals surface area contributed by atoms with Crippen LogP contribution in [0, 0.1) is 24.6 Å². The molecule has 0 amide bonds. The number of pyridine rings is 1. The van der Waals surface area contributed by atoms with Gasteiger partial charge in [0, 0.05) is 12.8 Å². The zero-order valence-electron chi connectivity index (χ0n) is 18.7. The Morgan fingerprint density at radius 3 is 2.69 bits per heavy atom. The maximum Gasteiger partial charge on any atom is 0.126 e.